The van der Waals surface area contributed by atoms with Gasteiger partial charge in [-0.25, -0.2) is 29.5 Å². The summed E-state index contributed by atoms with van der Waals surface area (Å²) in [5.74, 6) is 0.755. The summed E-state index contributed by atoms with van der Waals surface area (Å²) in [7, 11) is 0. The summed E-state index contributed by atoms with van der Waals surface area (Å²) in [5, 5.41) is 0. The van der Waals surface area contributed by atoms with Gasteiger partial charge >= 0.3 is 11.4 Å². The topological polar surface area (TPSA) is 318 Å². The Morgan fingerprint density at radius 3 is 2.03 bits per heavy atom. The molecule has 0 aromatic carbocycles. The summed E-state index contributed by atoms with van der Waals surface area (Å²) in [6, 6.07) is 1.52. The molecule has 0 spiro atoms. The van der Waals surface area contributed by atoms with E-state index in [-0.39, 0.29) is 32.8 Å². The first-order valence-electron chi connectivity index (χ1n) is 10.3. The molecule has 19 nitrogen and oxygen atoms in total. The van der Waals surface area contributed by atoms with E-state index in [1.807, 2.05) is 0 Å². The average molecular weight is 554 g/mol. The lowest BCUT2D eigenvalue weighted by Crippen LogP contribution is -2.22. The molecule has 0 unspecified atom stereocenters. The Morgan fingerprint density at radius 2 is 1.44 bits per heavy atom. The van der Waals surface area contributed by atoms with Gasteiger partial charge in [-0.05, 0) is 13.0 Å². The summed E-state index contributed by atoms with van der Waals surface area (Å²) in [5.41, 5.74) is 16.9. The van der Waals surface area contributed by atoms with Gasteiger partial charge in [-0.2, -0.15) is 9.97 Å². The SMILES string of the molecule is Cc1c[nH]c(=O)[nH]c1=O.Nc1cc[nH]c(=O)n1.Nc1nc2nc[nH]c2c(=O)[nH]1.Nc1ncnc2nc[nH]c12.[P]. The van der Waals surface area contributed by atoms with Gasteiger partial charge in [0.2, 0.25) is 5.95 Å². The van der Waals surface area contributed by atoms with Crippen LogP contribution in [0.5, 0.6) is 0 Å². The van der Waals surface area contributed by atoms with Crippen molar-refractivity contribution in [2.45, 2.75) is 6.92 Å². The van der Waals surface area contributed by atoms with Crippen molar-refractivity contribution in [2.24, 2.45) is 0 Å². The van der Waals surface area contributed by atoms with Crippen LogP contribution in [0.15, 0.2) is 56.6 Å². The maximum atomic E-state index is 11.0. The van der Waals surface area contributed by atoms with Crippen LogP contribution in [0.2, 0.25) is 0 Å². The van der Waals surface area contributed by atoms with E-state index in [4.69, 9.17) is 17.2 Å². The van der Waals surface area contributed by atoms with Crippen molar-refractivity contribution in [1.82, 2.24) is 59.8 Å². The number of imidazole rings is 2. The average Bonchev–Trinajstić information content (AvgIpc) is 3.53. The van der Waals surface area contributed by atoms with E-state index in [9.17, 15) is 19.2 Å². The molecule has 201 valence electrons. The number of nitrogens with two attached hydrogens (primary N) is 3. The lowest BCUT2D eigenvalue weighted by atomic mass is 10.4. The number of rotatable bonds is 0. The molecule has 6 aromatic heterocycles. The molecular formula is C19H21N15O4P. The zero-order valence-electron chi connectivity index (χ0n) is 20.0. The molecule has 0 bridgehead atoms. The lowest BCUT2D eigenvalue weighted by molar-refractivity contribution is 1.01. The number of nitrogen functional groups attached to an aromatic ring is 3. The van der Waals surface area contributed by atoms with Crippen molar-refractivity contribution in [3.63, 3.8) is 0 Å². The van der Waals surface area contributed by atoms with Crippen molar-refractivity contribution in [3.8, 4) is 0 Å². The van der Waals surface area contributed by atoms with E-state index in [0.717, 1.165) is 0 Å². The van der Waals surface area contributed by atoms with Gasteiger partial charge in [0.05, 0.1) is 12.7 Å². The molecule has 0 saturated carbocycles. The number of H-pyrrole nitrogens is 6. The van der Waals surface area contributed by atoms with E-state index >= 15 is 0 Å². The molecule has 20 heteroatoms. The molecule has 0 aliphatic rings. The fourth-order valence-corrected chi connectivity index (χ4v) is 2.51. The van der Waals surface area contributed by atoms with Gasteiger partial charge in [-0.3, -0.25) is 19.6 Å². The molecule has 0 aliphatic heterocycles. The third kappa shape index (κ3) is 8.43. The van der Waals surface area contributed by atoms with Gasteiger partial charge in [-0.1, -0.05) is 0 Å². The summed E-state index contributed by atoms with van der Waals surface area (Å²) in [6.45, 7) is 1.62. The summed E-state index contributed by atoms with van der Waals surface area (Å²) in [6.07, 6.45) is 7.15. The van der Waals surface area contributed by atoms with Crippen molar-refractivity contribution in [3.05, 3.63) is 84.7 Å². The molecule has 3 radical (unpaired) electrons. The van der Waals surface area contributed by atoms with Gasteiger partial charge in [0.1, 0.15) is 17.7 Å². The number of aryl methyl sites for hydroxylation is 1. The summed E-state index contributed by atoms with van der Waals surface area (Å²) >= 11 is 0. The van der Waals surface area contributed by atoms with Crippen molar-refractivity contribution in [2.75, 3.05) is 17.2 Å². The first-order chi connectivity index (χ1) is 18.1. The molecular weight excluding hydrogens is 533 g/mol. The van der Waals surface area contributed by atoms with Crippen LogP contribution in [0.3, 0.4) is 0 Å². The monoisotopic (exact) mass is 554 g/mol. The number of hydrogen-bond acceptors (Lipinski definition) is 13. The van der Waals surface area contributed by atoms with Gasteiger partial charge < -0.3 is 37.1 Å². The Labute approximate surface area is 218 Å². The van der Waals surface area contributed by atoms with Crippen LogP contribution >= 0.6 is 9.90 Å². The van der Waals surface area contributed by atoms with Crippen LogP contribution in [0.4, 0.5) is 17.6 Å². The summed E-state index contributed by atoms with van der Waals surface area (Å²) < 4.78 is 0. The number of anilines is 3. The first-order valence-corrected chi connectivity index (χ1v) is 10.3. The van der Waals surface area contributed by atoms with E-state index in [0.29, 0.717) is 33.7 Å². The van der Waals surface area contributed by atoms with Crippen LogP contribution in [0.25, 0.3) is 22.3 Å². The van der Waals surface area contributed by atoms with Gasteiger partial charge in [0, 0.05) is 27.9 Å². The molecule has 0 saturated heterocycles. The number of aromatic amines is 6. The van der Waals surface area contributed by atoms with E-state index in [2.05, 4.69) is 59.8 Å². The van der Waals surface area contributed by atoms with Crippen molar-refractivity contribution >= 4 is 49.8 Å². The number of nitrogens with zero attached hydrogens (tertiary/aromatic N) is 6. The highest BCUT2D eigenvalue weighted by atomic mass is 31.0. The molecule has 0 aliphatic carbocycles. The predicted molar refractivity (Wildman–Crippen MR) is 144 cm³/mol. The van der Waals surface area contributed by atoms with E-state index < -0.39 is 11.4 Å². The molecule has 39 heavy (non-hydrogen) atoms. The highest BCUT2D eigenvalue weighted by Gasteiger charge is 2.02. The largest absolute Gasteiger partial charge is 0.383 e. The normalized spacial score (nSPS) is 9.67. The highest BCUT2D eigenvalue weighted by Crippen LogP contribution is 2.09. The maximum Gasteiger partial charge on any atom is 0.346 e. The zero-order chi connectivity index (χ0) is 27.7. The van der Waals surface area contributed by atoms with Crippen LogP contribution in [0, 0.1) is 6.92 Å². The Kier molecular flexibility index (Phi) is 10.3. The third-order valence-corrected chi connectivity index (χ3v) is 4.26. The van der Waals surface area contributed by atoms with Crippen molar-refractivity contribution in [1.29, 1.82) is 0 Å². The van der Waals surface area contributed by atoms with Gasteiger partial charge in [0.25, 0.3) is 11.1 Å². The minimum absolute atomic E-state index is 0. The molecule has 0 amide bonds. The first kappa shape index (κ1) is 29.5. The Hall–Kier alpha value is -5.71. The van der Waals surface area contributed by atoms with Crippen LogP contribution < -0.4 is 39.7 Å². The number of hydrogen-bond donors (Lipinski definition) is 9. The minimum atomic E-state index is -0.467. The fraction of sp³-hybridized carbons (Fsp3) is 0.0526. The number of aromatic nitrogens is 12. The lowest BCUT2D eigenvalue weighted by Gasteiger charge is -1.89. The Morgan fingerprint density at radius 1 is 0.744 bits per heavy atom. The number of fused-ring (bicyclic) bond motifs is 2. The second-order valence-electron chi connectivity index (χ2n) is 6.99. The van der Waals surface area contributed by atoms with Crippen LogP contribution in [0.1, 0.15) is 5.56 Å². The standard InChI is InChI=1S/C5H5N5O.C5H5N5.C5H6N2O2.C4H5N3O.P/c6-5-9-3-2(4(11)10-5)7-1-8-3;6-4-3-5(9-1-7-3)10-2-8-4;1-3-2-6-5(9)7-4(3)8;5-3-1-2-6-4(8)7-3;/h1H,(H4,6,7,8,9,10,11);1-2H,(H3,6,7,8,9,10);2H,1H3,(H2,6,7,8,9);1-2H,(H3,5,6,7,8);. The van der Waals surface area contributed by atoms with Crippen molar-refractivity contribution < 1.29 is 0 Å². The highest BCUT2D eigenvalue weighted by molar-refractivity contribution is 6.92. The minimum Gasteiger partial charge on any atom is -0.383 e. The zero-order valence-corrected chi connectivity index (χ0v) is 20.9. The quantitative estimate of drug-likeness (QED) is 0.0992. The fourth-order valence-electron chi connectivity index (χ4n) is 2.51. The number of nitrogens with one attached hydrogen (secondary N) is 6. The van der Waals surface area contributed by atoms with Crippen LogP contribution in [-0.2, 0) is 0 Å². The third-order valence-electron chi connectivity index (χ3n) is 4.26. The Bertz CT molecular complexity index is 1880. The predicted octanol–water partition coefficient (Wildman–Crippen LogP) is -1.25. The molecule has 6 rings (SSSR count). The van der Waals surface area contributed by atoms with Gasteiger partial charge in [-0.15, -0.1) is 0 Å². The molecule has 0 atom stereocenters. The Balaban J connectivity index is 0.000000182. The summed E-state index contributed by atoms with van der Waals surface area (Å²) in [4.78, 5) is 79.1. The molecule has 6 heterocycles. The second-order valence-corrected chi connectivity index (χ2v) is 6.99. The molecule has 12 N–H and O–H groups in total. The molecule has 0 fully saturated rings. The smallest absolute Gasteiger partial charge is 0.346 e. The second kappa shape index (κ2) is 13.6. The van der Waals surface area contributed by atoms with E-state index in [1.165, 1.54) is 37.4 Å². The maximum absolute atomic E-state index is 11.0. The molecule has 6 aromatic rings. The van der Waals surface area contributed by atoms with Gasteiger partial charge in [0.15, 0.2) is 22.6 Å². The van der Waals surface area contributed by atoms with Crippen LogP contribution in [-0.4, -0.2) is 59.8 Å². The van der Waals surface area contributed by atoms with E-state index in [1.54, 1.807) is 6.92 Å².